The van der Waals surface area contributed by atoms with E-state index in [1.165, 1.54) is 22.7 Å². The van der Waals surface area contributed by atoms with Gasteiger partial charge in [-0.05, 0) is 30.6 Å². The van der Waals surface area contributed by atoms with Crippen LogP contribution in [0.25, 0.3) is 0 Å². The SMILES string of the molecule is CCNC(c1cccc(C)c1)c1csnn1. The van der Waals surface area contributed by atoms with Crippen molar-refractivity contribution in [1.82, 2.24) is 14.9 Å². The highest BCUT2D eigenvalue weighted by molar-refractivity contribution is 7.03. The summed E-state index contributed by atoms with van der Waals surface area (Å²) in [5.74, 6) is 0. The molecular weight excluding hydrogens is 218 g/mol. The number of aryl methyl sites for hydroxylation is 1. The summed E-state index contributed by atoms with van der Waals surface area (Å²) in [4.78, 5) is 0. The minimum Gasteiger partial charge on any atom is -0.305 e. The molecule has 2 aromatic rings. The van der Waals surface area contributed by atoms with E-state index in [0.717, 1.165) is 12.2 Å². The van der Waals surface area contributed by atoms with Gasteiger partial charge in [-0.25, -0.2) is 0 Å². The van der Waals surface area contributed by atoms with Gasteiger partial charge in [-0.2, -0.15) is 0 Å². The van der Waals surface area contributed by atoms with E-state index in [0.29, 0.717) is 0 Å². The Bertz CT molecular complexity index is 439. The van der Waals surface area contributed by atoms with Crippen molar-refractivity contribution < 1.29 is 0 Å². The van der Waals surface area contributed by atoms with Crippen LogP contribution in [0.5, 0.6) is 0 Å². The zero-order valence-corrected chi connectivity index (χ0v) is 10.3. The van der Waals surface area contributed by atoms with E-state index in [-0.39, 0.29) is 6.04 Å². The van der Waals surface area contributed by atoms with Gasteiger partial charge in [-0.3, -0.25) is 0 Å². The van der Waals surface area contributed by atoms with Crippen LogP contribution in [-0.2, 0) is 0 Å². The Morgan fingerprint density at radius 1 is 1.44 bits per heavy atom. The zero-order valence-electron chi connectivity index (χ0n) is 9.47. The maximum absolute atomic E-state index is 4.15. The standard InChI is InChI=1S/C12H15N3S/c1-3-13-12(11-8-16-15-14-11)10-6-4-5-9(2)7-10/h4-8,12-13H,3H2,1-2H3. The van der Waals surface area contributed by atoms with Gasteiger partial charge in [0.2, 0.25) is 0 Å². The molecule has 4 heteroatoms. The topological polar surface area (TPSA) is 37.8 Å². The van der Waals surface area contributed by atoms with E-state index in [4.69, 9.17) is 0 Å². The van der Waals surface area contributed by atoms with Gasteiger partial charge in [-0.1, -0.05) is 41.2 Å². The molecule has 0 saturated carbocycles. The largest absolute Gasteiger partial charge is 0.305 e. The third-order valence-electron chi connectivity index (χ3n) is 2.46. The first-order chi connectivity index (χ1) is 7.81. The molecule has 1 N–H and O–H groups in total. The third-order valence-corrected chi connectivity index (χ3v) is 2.98. The molecule has 1 unspecified atom stereocenters. The molecule has 0 aliphatic carbocycles. The minimum absolute atomic E-state index is 0.156. The molecule has 0 aliphatic rings. The summed E-state index contributed by atoms with van der Waals surface area (Å²) >= 11 is 1.39. The summed E-state index contributed by atoms with van der Waals surface area (Å²) in [6.07, 6.45) is 0. The smallest absolute Gasteiger partial charge is 0.0970 e. The van der Waals surface area contributed by atoms with Crippen LogP contribution < -0.4 is 5.32 Å². The summed E-state index contributed by atoms with van der Waals surface area (Å²) in [5, 5.41) is 9.58. The molecule has 0 spiro atoms. The summed E-state index contributed by atoms with van der Waals surface area (Å²) in [5.41, 5.74) is 3.51. The Balaban J connectivity index is 2.33. The Morgan fingerprint density at radius 3 is 2.94 bits per heavy atom. The second-order valence-corrected chi connectivity index (χ2v) is 4.34. The van der Waals surface area contributed by atoms with Crippen LogP contribution in [0.15, 0.2) is 29.6 Å². The highest BCUT2D eigenvalue weighted by atomic mass is 32.1. The minimum atomic E-state index is 0.156. The molecule has 1 aromatic heterocycles. The van der Waals surface area contributed by atoms with Crippen LogP contribution in [0.4, 0.5) is 0 Å². The van der Waals surface area contributed by atoms with Crippen molar-refractivity contribution in [3.63, 3.8) is 0 Å². The van der Waals surface area contributed by atoms with Crippen molar-refractivity contribution in [1.29, 1.82) is 0 Å². The number of hydrogen-bond donors (Lipinski definition) is 1. The highest BCUT2D eigenvalue weighted by Gasteiger charge is 2.15. The average Bonchev–Trinajstić information content (AvgIpc) is 2.79. The van der Waals surface area contributed by atoms with Gasteiger partial charge in [0.1, 0.15) is 0 Å². The first-order valence-corrected chi connectivity index (χ1v) is 6.22. The van der Waals surface area contributed by atoms with Gasteiger partial charge in [-0.15, -0.1) is 5.10 Å². The van der Waals surface area contributed by atoms with Crippen LogP contribution in [-0.4, -0.2) is 16.1 Å². The van der Waals surface area contributed by atoms with Gasteiger partial charge in [0.25, 0.3) is 0 Å². The Kier molecular flexibility index (Phi) is 3.64. The van der Waals surface area contributed by atoms with Gasteiger partial charge in [0, 0.05) is 5.38 Å². The van der Waals surface area contributed by atoms with Crippen LogP contribution in [0.1, 0.15) is 29.8 Å². The zero-order chi connectivity index (χ0) is 11.4. The van der Waals surface area contributed by atoms with E-state index in [1.807, 2.05) is 5.38 Å². The lowest BCUT2D eigenvalue weighted by Gasteiger charge is -2.16. The molecule has 1 heterocycles. The summed E-state index contributed by atoms with van der Waals surface area (Å²) in [7, 11) is 0. The lowest BCUT2D eigenvalue weighted by atomic mass is 10.0. The molecular formula is C12H15N3S. The number of nitrogens with zero attached hydrogens (tertiary/aromatic N) is 2. The Hall–Kier alpha value is -1.26. The summed E-state index contributed by atoms with van der Waals surface area (Å²) < 4.78 is 3.92. The van der Waals surface area contributed by atoms with Crippen LogP contribution >= 0.6 is 11.5 Å². The third kappa shape index (κ3) is 2.46. The fourth-order valence-corrected chi connectivity index (χ4v) is 2.22. The molecule has 1 aromatic carbocycles. The fourth-order valence-electron chi connectivity index (χ4n) is 1.74. The molecule has 0 saturated heterocycles. The maximum Gasteiger partial charge on any atom is 0.0970 e. The number of hydrogen-bond acceptors (Lipinski definition) is 4. The van der Waals surface area contributed by atoms with E-state index >= 15 is 0 Å². The molecule has 0 radical (unpaired) electrons. The first kappa shape index (κ1) is 11.2. The number of benzene rings is 1. The lowest BCUT2D eigenvalue weighted by molar-refractivity contribution is 0.613. The molecule has 0 bridgehead atoms. The second-order valence-electron chi connectivity index (χ2n) is 3.73. The van der Waals surface area contributed by atoms with E-state index in [9.17, 15) is 0 Å². The Labute approximate surface area is 99.7 Å². The molecule has 0 fully saturated rings. The molecule has 0 amide bonds. The van der Waals surface area contributed by atoms with Crippen molar-refractivity contribution in [2.24, 2.45) is 0 Å². The molecule has 2 rings (SSSR count). The van der Waals surface area contributed by atoms with Gasteiger partial charge in [0.15, 0.2) is 0 Å². The molecule has 84 valence electrons. The average molecular weight is 233 g/mol. The van der Waals surface area contributed by atoms with Crippen LogP contribution in [0.2, 0.25) is 0 Å². The summed E-state index contributed by atoms with van der Waals surface area (Å²) in [6, 6.07) is 8.65. The van der Waals surface area contributed by atoms with Gasteiger partial charge >= 0.3 is 0 Å². The van der Waals surface area contributed by atoms with Crippen molar-refractivity contribution >= 4 is 11.5 Å². The number of rotatable bonds is 4. The quantitative estimate of drug-likeness (QED) is 0.882. The van der Waals surface area contributed by atoms with Crippen molar-refractivity contribution in [3.8, 4) is 0 Å². The predicted octanol–water partition coefficient (Wildman–Crippen LogP) is 2.55. The summed E-state index contributed by atoms with van der Waals surface area (Å²) in [6.45, 7) is 5.12. The molecule has 16 heavy (non-hydrogen) atoms. The Morgan fingerprint density at radius 2 is 2.31 bits per heavy atom. The number of aromatic nitrogens is 2. The fraction of sp³-hybridized carbons (Fsp3) is 0.333. The second kappa shape index (κ2) is 5.18. The molecule has 3 nitrogen and oxygen atoms in total. The van der Waals surface area contributed by atoms with E-state index < -0.39 is 0 Å². The first-order valence-electron chi connectivity index (χ1n) is 5.38. The highest BCUT2D eigenvalue weighted by Crippen LogP contribution is 2.21. The number of nitrogens with one attached hydrogen (secondary N) is 1. The van der Waals surface area contributed by atoms with Crippen molar-refractivity contribution in [2.75, 3.05) is 6.54 Å². The van der Waals surface area contributed by atoms with Gasteiger partial charge in [0.05, 0.1) is 11.7 Å². The monoisotopic (exact) mass is 233 g/mol. The molecule has 0 aliphatic heterocycles. The van der Waals surface area contributed by atoms with Crippen LogP contribution in [0, 0.1) is 6.92 Å². The van der Waals surface area contributed by atoms with E-state index in [1.54, 1.807) is 0 Å². The normalized spacial score (nSPS) is 12.6. The predicted molar refractivity (Wildman–Crippen MR) is 66.6 cm³/mol. The maximum atomic E-state index is 4.15. The van der Waals surface area contributed by atoms with Crippen molar-refractivity contribution in [2.45, 2.75) is 19.9 Å². The van der Waals surface area contributed by atoms with Crippen molar-refractivity contribution in [3.05, 3.63) is 46.5 Å². The molecule has 1 atom stereocenters. The van der Waals surface area contributed by atoms with Crippen LogP contribution in [0.3, 0.4) is 0 Å². The van der Waals surface area contributed by atoms with Gasteiger partial charge < -0.3 is 5.32 Å². The lowest BCUT2D eigenvalue weighted by Crippen LogP contribution is -2.22. The van der Waals surface area contributed by atoms with E-state index in [2.05, 4.69) is 53.0 Å².